The lowest BCUT2D eigenvalue weighted by molar-refractivity contribution is 0.0252. The topological polar surface area (TPSA) is 35.5 Å². The molecule has 0 aromatic heterocycles. The van der Waals surface area contributed by atoms with E-state index in [1.54, 1.807) is 13.2 Å². The Morgan fingerprint density at radius 1 is 1.16 bits per heavy atom. The van der Waals surface area contributed by atoms with Gasteiger partial charge in [-0.15, -0.1) is 0 Å². The van der Waals surface area contributed by atoms with Gasteiger partial charge in [-0.05, 0) is 23.3 Å². The van der Waals surface area contributed by atoms with E-state index in [2.05, 4.69) is 0 Å². The van der Waals surface area contributed by atoms with Gasteiger partial charge in [0, 0.05) is 6.42 Å². The van der Waals surface area contributed by atoms with Crippen LogP contribution in [0.15, 0.2) is 48.5 Å². The number of hydrogen-bond donors (Lipinski definition) is 0. The molecule has 0 radical (unpaired) electrons. The van der Waals surface area contributed by atoms with E-state index in [1.165, 1.54) is 0 Å². The lowest BCUT2D eigenvalue weighted by Crippen LogP contribution is -2.21. The molecular formula is C16H14O3. The SMILES string of the molecule is COc1ccc2c(c1)C(=O)OC(c1ccccc1)C2. The first-order valence-electron chi connectivity index (χ1n) is 6.21. The van der Waals surface area contributed by atoms with E-state index in [-0.39, 0.29) is 12.1 Å². The summed E-state index contributed by atoms with van der Waals surface area (Å²) in [5.41, 5.74) is 2.63. The molecule has 0 amide bonds. The highest BCUT2D eigenvalue weighted by molar-refractivity contribution is 5.92. The van der Waals surface area contributed by atoms with Crippen LogP contribution < -0.4 is 4.74 Å². The van der Waals surface area contributed by atoms with Crippen LogP contribution in [-0.2, 0) is 11.2 Å². The van der Waals surface area contributed by atoms with Crippen LogP contribution in [0.25, 0.3) is 0 Å². The smallest absolute Gasteiger partial charge is 0.339 e. The summed E-state index contributed by atoms with van der Waals surface area (Å²) < 4.78 is 10.6. The van der Waals surface area contributed by atoms with Crippen molar-refractivity contribution in [1.29, 1.82) is 0 Å². The maximum Gasteiger partial charge on any atom is 0.339 e. The highest BCUT2D eigenvalue weighted by Gasteiger charge is 2.27. The van der Waals surface area contributed by atoms with Crippen LogP contribution in [0.2, 0.25) is 0 Å². The van der Waals surface area contributed by atoms with Gasteiger partial charge in [0.2, 0.25) is 0 Å². The third-order valence-electron chi connectivity index (χ3n) is 3.36. The van der Waals surface area contributed by atoms with Crippen LogP contribution in [0.1, 0.15) is 27.6 Å². The maximum atomic E-state index is 12.1. The van der Waals surface area contributed by atoms with Gasteiger partial charge in [-0.25, -0.2) is 4.79 Å². The van der Waals surface area contributed by atoms with Crippen molar-refractivity contribution >= 4 is 5.97 Å². The number of fused-ring (bicyclic) bond motifs is 1. The summed E-state index contributed by atoms with van der Waals surface area (Å²) in [6, 6.07) is 15.4. The normalized spacial score (nSPS) is 17.5. The number of carbonyl (C=O) groups is 1. The second-order valence-corrected chi connectivity index (χ2v) is 4.53. The summed E-state index contributed by atoms with van der Waals surface area (Å²) in [4.78, 5) is 12.1. The Morgan fingerprint density at radius 2 is 1.95 bits per heavy atom. The Balaban J connectivity index is 1.95. The molecular weight excluding hydrogens is 240 g/mol. The van der Waals surface area contributed by atoms with Gasteiger partial charge in [0.1, 0.15) is 11.9 Å². The first-order valence-corrected chi connectivity index (χ1v) is 6.21. The Morgan fingerprint density at radius 3 is 2.68 bits per heavy atom. The van der Waals surface area contributed by atoms with Crippen molar-refractivity contribution in [2.24, 2.45) is 0 Å². The maximum absolute atomic E-state index is 12.1. The van der Waals surface area contributed by atoms with Crippen molar-refractivity contribution in [3.8, 4) is 5.75 Å². The summed E-state index contributed by atoms with van der Waals surface area (Å²) in [7, 11) is 1.59. The molecule has 0 fully saturated rings. The third kappa shape index (κ3) is 2.19. The standard InChI is InChI=1S/C16H14O3/c1-18-13-8-7-12-9-15(11-5-3-2-4-6-11)19-16(17)14(12)10-13/h2-8,10,15H,9H2,1H3. The first kappa shape index (κ1) is 11.8. The van der Waals surface area contributed by atoms with Gasteiger partial charge in [-0.2, -0.15) is 0 Å². The molecule has 2 aromatic carbocycles. The molecule has 3 nitrogen and oxygen atoms in total. The van der Waals surface area contributed by atoms with E-state index >= 15 is 0 Å². The predicted octanol–water partition coefficient (Wildman–Crippen LogP) is 3.15. The van der Waals surface area contributed by atoms with Gasteiger partial charge in [0.05, 0.1) is 12.7 Å². The van der Waals surface area contributed by atoms with Crippen molar-refractivity contribution in [2.75, 3.05) is 7.11 Å². The van der Waals surface area contributed by atoms with Crippen molar-refractivity contribution in [3.63, 3.8) is 0 Å². The third-order valence-corrected chi connectivity index (χ3v) is 3.36. The molecule has 1 heterocycles. The molecule has 3 heteroatoms. The van der Waals surface area contributed by atoms with Crippen LogP contribution in [0.4, 0.5) is 0 Å². The molecule has 1 aliphatic heterocycles. The summed E-state index contributed by atoms with van der Waals surface area (Å²) in [5, 5.41) is 0. The highest BCUT2D eigenvalue weighted by atomic mass is 16.5. The predicted molar refractivity (Wildman–Crippen MR) is 71.3 cm³/mol. The molecule has 0 aliphatic carbocycles. The van der Waals surface area contributed by atoms with Crippen LogP contribution in [-0.4, -0.2) is 13.1 Å². The molecule has 96 valence electrons. The minimum absolute atomic E-state index is 0.199. The van der Waals surface area contributed by atoms with Crippen LogP contribution in [0, 0.1) is 0 Å². The molecule has 0 saturated carbocycles. The number of cyclic esters (lactones) is 1. The highest BCUT2D eigenvalue weighted by Crippen LogP contribution is 2.32. The van der Waals surface area contributed by atoms with Crippen molar-refractivity contribution in [1.82, 2.24) is 0 Å². The van der Waals surface area contributed by atoms with E-state index in [4.69, 9.17) is 9.47 Å². The minimum Gasteiger partial charge on any atom is -0.497 e. The molecule has 1 unspecified atom stereocenters. The van der Waals surface area contributed by atoms with Gasteiger partial charge in [0.25, 0.3) is 0 Å². The quantitative estimate of drug-likeness (QED) is 0.772. The van der Waals surface area contributed by atoms with Crippen molar-refractivity contribution in [2.45, 2.75) is 12.5 Å². The largest absolute Gasteiger partial charge is 0.497 e. The molecule has 2 aromatic rings. The molecule has 0 N–H and O–H groups in total. The molecule has 1 aliphatic rings. The number of benzene rings is 2. The lowest BCUT2D eigenvalue weighted by Gasteiger charge is -2.25. The number of ether oxygens (including phenoxy) is 2. The zero-order valence-electron chi connectivity index (χ0n) is 10.6. The fraction of sp³-hybridized carbons (Fsp3) is 0.188. The molecule has 0 saturated heterocycles. The molecule has 0 spiro atoms. The summed E-state index contributed by atoms with van der Waals surface area (Å²) >= 11 is 0. The van der Waals surface area contributed by atoms with Crippen LogP contribution in [0.5, 0.6) is 5.75 Å². The van der Waals surface area contributed by atoms with Gasteiger partial charge in [0.15, 0.2) is 0 Å². The number of methoxy groups -OCH3 is 1. The van der Waals surface area contributed by atoms with Gasteiger partial charge in [-0.1, -0.05) is 36.4 Å². The molecule has 3 rings (SSSR count). The van der Waals surface area contributed by atoms with E-state index in [1.807, 2.05) is 42.5 Å². The van der Waals surface area contributed by atoms with Gasteiger partial charge < -0.3 is 9.47 Å². The fourth-order valence-corrected chi connectivity index (χ4v) is 2.34. The van der Waals surface area contributed by atoms with Crippen LogP contribution in [0.3, 0.4) is 0 Å². The van der Waals surface area contributed by atoms with Crippen molar-refractivity contribution < 1.29 is 14.3 Å². The van der Waals surface area contributed by atoms with Gasteiger partial charge in [-0.3, -0.25) is 0 Å². The molecule has 0 bridgehead atoms. The average molecular weight is 254 g/mol. The van der Waals surface area contributed by atoms with E-state index < -0.39 is 0 Å². The Hall–Kier alpha value is -2.29. The number of esters is 1. The van der Waals surface area contributed by atoms with E-state index in [0.29, 0.717) is 17.7 Å². The zero-order chi connectivity index (χ0) is 13.2. The minimum atomic E-state index is -0.283. The first-order chi connectivity index (χ1) is 9.28. The fourth-order valence-electron chi connectivity index (χ4n) is 2.34. The second kappa shape index (κ2) is 4.76. The monoisotopic (exact) mass is 254 g/mol. The summed E-state index contributed by atoms with van der Waals surface area (Å²) in [6.45, 7) is 0. The van der Waals surface area contributed by atoms with E-state index in [0.717, 1.165) is 11.1 Å². The molecule has 1 atom stereocenters. The number of rotatable bonds is 2. The van der Waals surface area contributed by atoms with E-state index in [9.17, 15) is 4.79 Å². The van der Waals surface area contributed by atoms with Gasteiger partial charge >= 0.3 is 5.97 Å². The Kier molecular flexibility index (Phi) is 2.95. The summed E-state index contributed by atoms with van der Waals surface area (Å²) in [5.74, 6) is 0.392. The molecule has 19 heavy (non-hydrogen) atoms. The zero-order valence-corrected chi connectivity index (χ0v) is 10.6. The second-order valence-electron chi connectivity index (χ2n) is 4.53. The summed E-state index contributed by atoms with van der Waals surface area (Å²) in [6.07, 6.45) is 0.504. The number of hydrogen-bond acceptors (Lipinski definition) is 3. The average Bonchev–Trinajstić information content (AvgIpc) is 2.48. The van der Waals surface area contributed by atoms with Crippen molar-refractivity contribution in [3.05, 3.63) is 65.2 Å². The lowest BCUT2D eigenvalue weighted by atomic mass is 9.94. The Labute approximate surface area is 111 Å². The Bertz CT molecular complexity index is 605. The number of carbonyl (C=O) groups excluding carboxylic acids is 1. The van der Waals surface area contributed by atoms with Crippen LogP contribution >= 0.6 is 0 Å².